The van der Waals surface area contributed by atoms with E-state index in [9.17, 15) is 10.4 Å². The van der Waals surface area contributed by atoms with Gasteiger partial charge >= 0.3 is 0 Å². The number of hydrogen-bond donors (Lipinski definition) is 0. The number of rotatable bonds is 8. The van der Waals surface area contributed by atoms with Crippen molar-refractivity contribution >= 4 is 34.5 Å². The van der Waals surface area contributed by atoms with Crippen LogP contribution in [0.2, 0.25) is 0 Å². The van der Waals surface area contributed by atoms with Gasteiger partial charge in [-0.1, -0.05) is 127 Å². The first-order valence-electron chi connectivity index (χ1n) is 12.5. The molecule has 7 nitrogen and oxygen atoms in total. The van der Waals surface area contributed by atoms with Crippen LogP contribution in [0.4, 0.5) is 11.6 Å². The van der Waals surface area contributed by atoms with Gasteiger partial charge in [0.25, 0.3) is 0 Å². The quantitative estimate of drug-likeness (QED) is 0.158. The molecule has 5 aromatic rings. The fourth-order valence-electron chi connectivity index (χ4n) is 4.12. The second-order valence-electron chi connectivity index (χ2n) is 8.62. The molecule has 40 heavy (non-hydrogen) atoms. The highest BCUT2D eigenvalue weighted by Crippen LogP contribution is 2.21. The Bertz CT molecular complexity index is 1560. The van der Waals surface area contributed by atoms with Crippen LogP contribution in [-0.2, 0) is 0 Å². The molecule has 0 radical (unpaired) electrons. The summed E-state index contributed by atoms with van der Waals surface area (Å²) in [5.74, 6) is 0.648. The second kappa shape index (κ2) is 12.7. The van der Waals surface area contributed by atoms with E-state index in [2.05, 4.69) is 15.3 Å². The first-order valence-corrected chi connectivity index (χ1v) is 12.5. The molecular weight excluding hydrogens is 498 g/mol. The van der Waals surface area contributed by atoms with E-state index in [-0.39, 0.29) is 11.4 Å². The minimum atomic E-state index is 0.192. The van der Waals surface area contributed by atoms with E-state index in [1.807, 2.05) is 121 Å². The van der Waals surface area contributed by atoms with E-state index in [0.717, 1.165) is 0 Å². The lowest BCUT2D eigenvalue weighted by molar-refractivity contribution is 1.24. The molecule has 0 saturated heterocycles. The van der Waals surface area contributed by atoms with Crippen LogP contribution >= 0.6 is 0 Å². The molecule has 0 fully saturated rings. The van der Waals surface area contributed by atoms with Crippen LogP contribution in [0.1, 0.15) is 22.3 Å². The molecule has 1 aromatic heterocycles. The lowest BCUT2D eigenvalue weighted by atomic mass is 9.99. The van der Waals surface area contributed by atoms with Crippen molar-refractivity contribution in [3.05, 3.63) is 172 Å². The largest absolute Gasteiger partial charge is 0.791 e. The third kappa shape index (κ3) is 6.06. The number of hydrogen-bond acceptors (Lipinski definition) is 7. The molecule has 0 spiro atoms. The molecule has 0 aliphatic carbocycles. The summed E-state index contributed by atoms with van der Waals surface area (Å²) in [6.45, 7) is 0. The number of aromatic nitrogens is 1. The van der Waals surface area contributed by atoms with Crippen LogP contribution in [0.25, 0.3) is 0 Å². The van der Waals surface area contributed by atoms with E-state index >= 15 is 0 Å². The molecule has 194 valence electrons. The summed E-state index contributed by atoms with van der Waals surface area (Å²) in [5, 5.41) is 30.8. The standard InChI is InChI=1S/C33H25N5O2/c39-37-32(26-18-9-3-10-19-26)30(24-14-5-1-6-15-24)35-28-22-13-23-29(34-28)36-31(25-16-7-2-8-17-25)33(38-40)27-20-11-4-12-21-27/h1-23,39-40H/p-2/b35-30?,36-31?,37-32+,38-33+. The van der Waals surface area contributed by atoms with Gasteiger partial charge in [-0.25, -0.2) is 15.0 Å². The van der Waals surface area contributed by atoms with Crippen molar-refractivity contribution in [3.8, 4) is 0 Å². The lowest BCUT2D eigenvalue weighted by Crippen LogP contribution is -2.17. The Kier molecular flexibility index (Phi) is 8.24. The first-order chi connectivity index (χ1) is 19.8. The topological polar surface area (TPSA) is 108 Å². The number of pyridine rings is 1. The highest BCUT2D eigenvalue weighted by Gasteiger charge is 2.15. The van der Waals surface area contributed by atoms with Crippen molar-refractivity contribution in [2.45, 2.75) is 0 Å². The SMILES string of the molecule is [O-]/N=C(/C(=Nc1cccc(N=C(/C(=N/[O-])c2ccccc2)c2ccccc2)n1)c1ccccc1)c1ccccc1. The Hall–Kier alpha value is -5.69. The van der Waals surface area contributed by atoms with Gasteiger partial charge < -0.3 is 20.7 Å². The minimum absolute atomic E-state index is 0.192. The summed E-state index contributed by atoms with van der Waals surface area (Å²) in [7, 11) is 0. The number of nitrogens with zero attached hydrogens (tertiary/aromatic N) is 5. The Morgan fingerprint density at radius 1 is 0.375 bits per heavy atom. The first kappa shape index (κ1) is 25.9. The zero-order valence-corrected chi connectivity index (χ0v) is 21.3. The van der Waals surface area contributed by atoms with E-state index in [0.29, 0.717) is 45.3 Å². The summed E-state index contributed by atoms with van der Waals surface area (Å²) in [4.78, 5) is 14.1. The van der Waals surface area contributed by atoms with Gasteiger partial charge in [-0.05, 0) is 12.1 Å². The third-order valence-corrected chi connectivity index (χ3v) is 5.99. The third-order valence-electron chi connectivity index (χ3n) is 5.99. The van der Waals surface area contributed by atoms with Crippen molar-refractivity contribution in [2.75, 3.05) is 0 Å². The Morgan fingerprint density at radius 2 is 0.675 bits per heavy atom. The summed E-state index contributed by atoms with van der Waals surface area (Å²) in [6, 6.07) is 42.2. The van der Waals surface area contributed by atoms with E-state index in [1.54, 1.807) is 18.2 Å². The zero-order chi connectivity index (χ0) is 27.6. The second-order valence-corrected chi connectivity index (χ2v) is 8.62. The summed E-state index contributed by atoms with van der Waals surface area (Å²) >= 11 is 0. The normalized spacial score (nSPS) is 12.8. The maximum absolute atomic E-state index is 12.1. The molecule has 0 bridgehead atoms. The van der Waals surface area contributed by atoms with E-state index < -0.39 is 0 Å². The molecule has 0 amide bonds. The molecule has 0 saturated carbocycles. The zero-order valence-electron chi connectivity index (χ0n) is 21.3. The average molecular weight is 522 g/mol. The van der Waals surface area contributed by atoms with Crippen molar-refractivity contribution in [1.29, 1.82) is 0 Å². The van der Waals surface area contributed by atoms with Gasteiger partial charge in [0, 0.05) is 22.3 Å². The number of aliphatic imine (C=N–C) groups is 2. The maximum Gasteiger partial charge on any atom is 0.155 e. The molecule has 1 heterocycles. The van der Waals surface area contributed by atoms with Crippen LogP contribution in [0, 0.1) is 10.4 Å². The highest BCUT2D eigenvalue weighted by atomic mass is 16.4. The Morgan fingerprint density at radius 3 is 0.975 bits per heavy atom. The average Bonchev–Trinajstić information content (AvgIpc) is 3.03. The molecule has 5 rings (SSSR count). The van der Waals surface area contributed by atoms with Gasteiger partial charge in [-0.2, -0.15) is 0 Å². The van der Waals surface area contributed by atoms with E-state index in [4.69, 9.17) is 9.98 Å². The van der Waals surface area contributed by atoms with Gasteiger partial charge in [0.05, 0.1) is 22.8 Å². The van der Waals surface area contributed by atoms with Crippen molar-refractivity contribution in [1.82, 2.24) is 4.98 Å². The molecule has 0 aliphatic heterocycles. The lowest BCUT2D eigenvalue weighted by Gasteiger charge is -2.14. The molecule has 7 heteroatoms. The van der Waals surface area contributed by atoms with Gasteiger partial charge in [0.15, 0.2) is 11.6 Å². The minimum Gasteiger partial charge on any atom is -0.791 e. The fourth-order valence-corrected chi connectivity index (χ4v) is 4.12. The van der Waals surface area contributed by atoms with Crippen LogP contribution < -0.4 is 0 Å². The maximum atomic E-state index is 12.1. The van der Waals surface area contributed by atoms with Gasteiger partial charge in [-0.3, -0.25) is 0 Å². The molecule has 0 atom stereocenters. The Labute approximate surface area is 231 Å². The number of benzene rings is 4. The molecule has 0 N–H and O–H groups in total. The van der Waals surface area contributed by atoms with Crippen LogP contribution in [0.15, 0.2) is 160 Å². The highest BCUT2D eigenvalue weighted by molar-refractivity contribution is 6.54. The summed E-state index contributed by atoms with van der Waals surface area (Å²) in [6.07, 6.45) is 0. The van der Waals surface area contributed by atoms with Crippen LogP contribution in [0.5, 0.6) is 0 Å². The van der Waals surface area contributed by atoms with Crippen molar-refractivity contribution < 1.29 is 0 Å². The smallest absolute Gasteiger partial charge is 0.155 e. The fraction of sp³-hybridized carbons (Fsp3) is 0. The molecule has 0 unspecified atom stereocenters. The van der Waals surface area contributed by atoms with Crippen LogP contribution in [0.3, 0.4) is 0 Å². The van der Waals surface area contributed by atoms with Gasteiger partial charge in [-0.15, -0.1) is 0 Å². The van der Waals surface area contributed by atoms with Gasteiger partial charge in [0.1, 0.15) is 0 Å². The van der Waals surface area contributed by atoms with E-state index in [1.165, 1.54) is 0 Å². The molecular formula is C33H23N5O2-2. The molecule has 4 aromatic carbocycles. The summed E-state index contributed by atoms with van der Waals surface area (Å²) < 4.78 is 0. The van der Waals surface area contributed by atoms with Crippen molar-refractivity contribution in [3.63, 3.8) is 0 Å². The Balaban J connectivity index is 1.63. The van der Waals surface area contributed by atoms with Crippen LogP contribution in [-0.4, -0.2) is 27.8 Å². The van der Waals surface area contributed by atoms with Gasteiger partial charge in [0.2, 0.25) is 0 Å². The molecule has 0 aliphatic rings. The summed E-state index contributed by atoms with van der Waals surface area (Å²) in [5.41, 5.74) is 3.85. The predicted molar refractivity (Wildman–Crippen MR) is 162 cm³/mol. The monoisotopic (exact) mass is 521 g/mol. The predicted octanol–water partition coefficient (Wildman–Crippen LogP) is 7.30. The van der Waals surface area contributed by atoms with Crippen molar-refractivity contribution in [2.24, 2.45) is 20.3 Å².